The second-order valence-corrected chi connectivity index (χ2v) is 4.97. The lowest BCUT2D eigenvalue weighted by Gasteiger charge is -1.98. The van der Waals surface area contributed by atoms with Gasteiger partial charge < -0.3 is 4.98 Å². The van der Waals surface area contributed by atoms with Gasteiger partial charge in [0, 0.05) is 12.4 Å². The lowest BCUT2D eigenvalue weighted by molar-refractivity contribution is 0.102. The number of nitrogens with zero attached hydrogens (tertiary/aromatic N) is 3. The van der Waals surface area contributed by atoms with E-state index >= 15 is 0 Å². The van der Waals surface area contributed by atoms with Gasteiger partial charge in [-0.1, -0.05) is 17.4 Å². The SMILES string of the molecule is O=C(Nc1nnc(-c2ccccn2)s1)c1ccc[nH]c1=O. The Balaban J connectivity index is 1.81. The minimum absolute atomic E-state index is 0.0205. The number of amides is 1. The molecule has 7 nitrogen and oxygen atoms in total. The highest BCUT2D eigenvalue weighted by Gasteiger charge is 2.13. The summed E-state index contributed by atoms with van der Waals surface area (Å²) in [5.41, 5.74) is 0.240. The topological polar surface area (TPSA) is 101 Å². The molecule has 0 aliphatic heterocycles. The van der Waals surface area contributed by atoms with Crippen LogP contribution >= 0.6 is 11.3 Å². The van der Waals surface area contributed by atoms with E-state index in [0.717, 1.165) is 0 Å². The number of aromatic nitrogens is 4. The maximum Gasteiger partial charge on any atom is 0.263 e. The van der Waals surface area contributed by atoms with Crippen molar-refractivity contribution >= 4 is 22.4 Å². The fourth-order valence-electron chi connectivity index (χ4n) is 1.63. The van der Waals surface area contributed by atoms with Gasteiger partial charge in [-0.15, -0.1) is 10.2 Å². The van der Waals surface area contributed by atoms with Gasteiger partial charge in [0.15, 0.2) is 5.01 Å². The van der Waals surface area contributed by atoms with Crippen molar-refractivity contribution in [3.63, 3.8) is 0 Å². The van der Waals surface area contributed by atoms with Crippen LogP contribution in [0.25, 0.3) is 10.7 Å². The molecule has 0 saturated carbocycles. The zero-order valence-electron chi connectivity index (χ0n) is 10.6. The van der Waals surface area contributed by atoms with E-state index in [-0.39, 0.29) is 5.56 Å². The summed E-state index contributed by atoms with van der Waals surface area (Å²) >= 11 is 1.19. The van der Waals surface area contributed by atoms with E-state index in [1.54, 1.807) is 24.4 Å². The Kier molecular flexibility index (Phi) is 3.52. The van der Waals surface area contributed by atoms with Crippen molar-refractivity contribution in [2.45, 2.75) is 0 Å². The standard InChI is InChI=1S/C13H9N5O2S/c19-10-8(4-3-7-15-10)11(20)16-13-18-17-12(21-13)9-5-1-2-6-14-9/h1-7H,(H,15,19)(H,16,18,20). The number of hydrogen-bond acceptors (Lipinski definition) is 6. The second-order valence-electron chi connectivity index (χ2n) is 3.99. The molecule has 0 aliphatic rings. The van der Waals surface area contributed by atoms with Crippen LogP contribution in [-0.2, 0) is 0 Å². The number of aromatic amines is 1. The highest BCUT2D eigenvalue weighted by Crippen LogP contribution is 2.24. The summed E-state index contributed by atoms with van der Waals surface area (Å²) in [6, 6.07) is 8.46. The predicted octanol–water partition coefficient (Wildman–Crippen LogP) is 1.54. The molecule has 104 valence electrons. The molecular formula is C13H9N5O2S. The van der Waals surface area contributed by atoms with Crippen LogP contribution in [0.5, 0.6) is 0 Å². The van der Waals surface area contributed by atoms with Gasteiger partial charge in [0.1, 0.15) is 11.3 Å². The summed E-state index contributed by atoms with van der Waals surface area (Å²) in [5.74, 6) is -0.527. The quantitative estimate of drug-likeness (QED) is 0.764. The Morgan fingerprint density at radius 3 is 2.86 bits per heavy atom. The van der Waals surface area contributed by atoms with Crippen LogP contribution in [0.1, 0.15) is 10.4 Å². The van der Waals surface area contributed by atoms with Crippen molar-refractivity contribution in [1.29, 1.82) is 0 Å². The number of carbonyl (C=O) groups excluding carboxylic acids is 1. The number of H-pyrrole nitrogens is 1. The molecule has 0 saturated heterocycles. The molecule has 0 aromatic carbocycles. The van der Waals surface area contributed by atoms with Crippen molar-refractivity contribution in [1.82, 2.24) is 20.2 Å². The average Bonchev–Trinajstić information content (AvgIpc) is 2.97. The van der Waals surface area contributed by atoms with Crippen molar-refractivity contribution in [2.24, 2.45) is 0 Å². The van der Waals surface area contributed by atoms with E-state index in [9.17, 15) is 9.59 Å². The molecule has 3 aromatic heterocycles. The number of pyridine rings is 2. The summed E-state index contributed by atoms with van der Waals surface area (Å²) in [7, 11) is 0. The Bertz CT molecular complexity index is 828. The summed E-state index contributed by atoms with van der Waals surface area (Å²) in [5, 5.41) is 11.3. The molecule has 8 heteroatoms. The van der Waals surface area contributed by atoms with E-state index in [1.807, 2.05) is 6.07 Å². The van der Waals surface area contributed by atoms with Crippen LogP contribution in [0.15, 0.2) is 47.5 Å². The first-order valence-electron chi connectivity index (χ1n) is 5.98. The number of hydrogen-bond donors (Lipinski definition) is 2. The Hall–Kier alpha value is -2.87. The molecule has 0 aliphatic carbocycles. The molecule has 0 fully saturated rings. The largest absolute Gasteiger partial charge is 0.328 e. The molecule has 3 heterocycles. The van der Waals surface area contributed by atoms with E-state index in [0.29, 0.717) is 15.8 Å². The van der Waals surface area contributed by atoms with Gasteiger partial charge in [-0.2, -0.15) is 0 Å². The van der Waals surface area contributed by atoms with Gasteiger partial charge in [0.2, 0.25) is 5.13 Å². The Labute approximate surface area is 122 Å². The minimum atomic E-state index is -0.527. The molecule has 0 spiro atoms. The summed E-state index contributed by atoms with van der Waals surface area (Å²) in [4.78, 5) is 30.1. The third-order valence-electron chi connectivity index (χ3n) is 2.59. The van der Waals surface area contributed by atoms with E-state index in [1.165, 1.54) is 23.6 Å². The van der Waals surface area contributed by atoms with E-state index in [2.05, 4.69) is 25.5 Å². The van der Waals surface area contributed by atoms with Crippen molar-refractivity contribution < 1.29 is 4.79 Å². The predicted molar refractivity (Wildman–Crippen MR) is 78.2 cm³/mol. The zero-order chi connectivity index (χ0) is 14.7. The number of rotatable bonds is 3. The maximum absolute atomic E-state index is 12.0. The van der Waals surface area contributed by atoms with Crippen molar-refractivity contribution in [2.75, 3.05) is 5.32 Å². The Morgan fingerprint density at radius 1 is 1.19 bits per heavy atom. The van der Waals surface area contributed by atoms with Crippen LogP contribution in [0.4, 0.5) is 5.13 Å². The second kappa shape index (κ2) is 5.63. The minimum Gasteiger partial charge on any atom is -0.328 e. The normalized spacial score (nSPS) is 10.3. The highest BCUT2D eigenvalue weighted by molar-refractivity contribution is 7.18. The Morgan fingerprint density at radius 2 is 2.10 bits per heavy atom. The van der Waals surface area contributed by atoms with Gasteiger partial charge in [-0.05, 0) is 24.3 Å². The van der Waals surface area contributed by atoms with Gasteiger partial charge >= 0.3 is 0 Å². The van der Waals surface area contributed by atoms with E-state index in [4.69, 9.17) is 0 Å². The molecule has 21 heavy (non-hydrogen) atoms. The first-order chi connectivity index (χ1) is 10.2. The van der Waals surface area contributed by atoms with Crippen LogP contribution in [-0.4, -0.2) is 26.1 Å². The summed E-state index contributed by atoms with van der Waals surface area (Å²) in [6.07, 6.45) is 3.11. The third kappa shape index (κ3) is 2.84. The molecule has 0 atom stereocenters. The van der Waals surface area contributed by atoms with Gasteiger partial charge in [-0.25, -0.2) is 0 Å². The first kappa shape index (κ1) is 13.1. The number of anilines is 1. The molecule has 3 rings (SSSR count). The molecule has 3 aromatic rings. The smallest absolute Gasteiger partial charge is 0.263 e. The lowest BCUT2D eigenvalue weighted by Crippen LogP contribution is -2.22. The lowest BCUT2D eigenvalue weighted by atomic mass is 10.3. The molecule has 2 N–H and O–H groups in total. The highest BCUT2D eigenvalue weighted by atomic mass is 32.1. The van der Waals surface area contributed by atoms with Crippen LogP contribution < -0.4 is 10.9 Å². The van der Waals surface area contributed by atoms with Crippen LogP contribution in [0, 0.1) is 0 Å². The van der Waals surface area contributed by atoms with Gasteiger partial charge in [0.05, 0.1) is 0 Å². The maximum atomic E-state index is 12.0. The fourth-order valence-corrected chi connectivity index (χ4v) is 2.35. The van der Waals surface area contributed by atoms with Gasteiger partial charge in [0.25, 0.3) is 11.5 Å². The molecule has 0 unspecified atom stereocenters. The first-order valence-corrected chi connectivity index (χ1v) is 6.79. The third-order valence-corrected chi connectivity index (χ3v) is 3.45. The molecular weight excluding hydrogens is 290 g/mol. The molecule has 0 bridgehead atoms. The molecule has 1 amide bonds. The monoisotopic (exact) mass is 299 g/mol. The van der Waals surface area contributed by atoms with Crippen molar-refractivity contribution in [3.8, 4) is 10.7 Å². The average molecular weight is 299 g/mol. The van der Waals surface area contributed by atoms with Crippen molar-refractivity contribution in [3.05, 3.63) is 58.6 Å². The number of nitrogens with one attached hydrogen (secondary N) is 2. The summed E-state index contributed by atoms with van der Waals surface area (Å²) in [6.45, 7) is 0. The number of carbonyl (C=O) groups is 1. The zero-order valence-corrected chi connectivity index (χ0v) is 11.4. The van der Waals surface area contributed by atoms with Crippen LogP contribution in [0.2, 0.25) is 0 Å². The van der Waals surface area contributed by atoms with Gasteiger partial charge in [-0.3, -0.25) is 19.9 Å². The summed E-state index contributed by atoms with van der Waals surface area (Å²) < 4.78 is 0. The van der Waals surface area contributed by atoms with Crippen LogP contribution in [0.3, 0.4) is 0 Å². The molecule has 0 radical (unpaired) electrons. The van der Waals surface area contributed by atoms with E-state index < -0.39 is 11.5 Å². The fraction of sp³-hybridized carbons (Fsp3) is 0.